The number of aryl methyl sites for hydroxylation is 1. The first-order valence-electron chi connectivity index (χ1n) is 9.70. The van der Waals surface area contributed by atoms with Crippen molar-refractivity contribution in [1.29, 1.82) is 0 Å². The van der Waals surface area contributed by atoms with E-state index in [0.717, 1.165) is 40.5 Å². The van der Waals surface area contributed by atoms with Gasteiger partial charge < -0.3 is 26.7 Å². The summed E-state index contributed by atoms with van der Waals surface area (Å²) in [6.07, 6.45) is 2.01. The minimum Gasteiger partial charge on any atom is -1.00 e. The Morgan fingerprint density at radius 1 is 1.17 bits per heavy atom. The van der Waals surface area contributed by atoms with Crippen LogP contribution in [0.2, 0.25) is 0 Å². The molecule has 0 fully saturated rings. The maximum atomic E-state index is 11.1. The molecule has 2 heterocycles. The Bertz CT molecular complexity index is 1030. The lowest BCUT2D eigenvalue weighted by Gasteiger charge is -2.05. The standard InChI is InChI=1S/C23H22N2O4.ClH/c1-15-19(25-22(29-15)17-5-3-2-4-6-17)13-14-28-18-9-7-16(8-10-18)20-11-12-21(24-20)23(26)27;/h2-10,21H,11-14H2,1H3,(H,26,27);1H. The van der Waals surface area contributed by atoms with Crippen molar-refractivity contribution in [3.05, 3.63) is 71.6 Å². The summed E-state index contributed by atoms with van der Waals surface area (Å²) in [5.41, 5.74) is 3.82. The fourth-order valence-corrected chi connectivity index (χ4v) is 3.44. The molecule has 1 aliphatic rings. The van der Waals surface area contributed by atoms with Crippen molar-refractivity contribution in [3.63, 3.8) is 0 Å². The molecule has 0 saturated carbocycles. The molecule has 1 atom stereocenters. The first-order chi connectivity index (χ1) is 14.1. The van der Waals surface area contributed by atoms with E-state index in [1.165, 1.54) is 0 Å². The molecule has 2 aromatic carbocycles. The third-order valence-corrected chi connectivity index (χ3v) is 5.05. The molecule has 6 nitrogen and oxygen atoms in total. The Morgan fingerprint density at radius 2 is 1.90 bits per heavy atom. The molecular weight excluding hydrogens is 404 g/mol. The zero-order chi connectivity index (χ0) is 20.2. The van der Waals surface area contributed by atoms with Gasteiger partial charge in [-0.3, -0.25) is 0 Å². The van der Waals surface area contributed by atoms with E-state index in [1.54, 1.807) is 0 Å². The molecule has 0 bridgehead atoms. The molecule has 0 aliphatic carbocycles. The number of halogens is 1. The Labute approximate surface area is 181 Å². The lowest BCUT2D eigenvalue weighted by Crippen LogP contribution is -3.00. The minimum absolute atomic E-state index is 0. The van der Waals surface area contributed by atoms with Crippen molar-refractivity contribution < 1.29 is 36.5 Å². The summed E-state index contributed by atoms with van der Waals surface area (Å²) in [7, 11) is 0. The fraction of sp³-hybridized carbons (Fsp3) is 0.261. The second-order valence-corrected chi connectivity index (χ2v) is 7.06. The number of nitrogens with one attached hydrogen (secondary N) is 1. The van der Waals surface area contributed by atoms with Crippen molar-refractivity contribution in [2.24, 2.45) is 0 Å². The van der Waals surface area contributed by atoms with Gasteiger partial charge in [-0.05, 0) is 43.3 Å². The Hall–Kier alpha value is -3.12. The molecule has 1 aliphatic heterocycles. The summed E-state index contributed by atoms with van der Waals surface area (Å²) in [6, 6.07) is 17.1. The highest BCUT2D eigenvalue weighted by Gasteiger charge is 2.31. The molecule has 3 aromatic rings. The van der Waals surface area contributed by atoms with E-state index >= 15 is 0 Å². The van der Waals surface area contributed by atoms with Crippen LogP contribution >= 0.6 is 0 Å². The van der Waals surface area contributed by atoms with E-state index in [4.69, 9.17) is 14.3 Å². The highest BCUT2D eigenvalue weighted by atomic mass is 35.5. The number of carboxylic acid groups (broad SMARTS) is 1. The smallest absolute Gasteiger partial charge is 0.372 e. The van der Waals surface area contributed by atoms with Gasteiger partial charge >= 0.3 is 5.97 Å². The van der Waals surface area contributed by atoms with Crippen molar-refractivity contribution in [2.45, 2.75) is 32.2 Å². The van der Waals surface area contributed by atoms with Gasteiger partial charge in [-0.15, -0.1) is 0 Å². The van der Waals surface area contributed by atoms with E-state index in [0.29, 0.717) is 25.3 Å². The molecule has 0 amide bonds. The molecule has 1 unspecified atom stereocenters. The van der Waals surface area contributed by atoms with Gasteiger partial charge in [-0.1, -0.05) is 18.2 Å². The number of carbonyl (C=O) groups is 1. The SMILES string of the molecule is Cc1oc(-c2ccccc2)nc1CCOc1ccc(C2=[NH+]C(C(=O)O)CC2)cc1.[Cl-]. The first-order valence-corrected chi connectivity index (χ1v) is 9.70. The van der Waals surface area contributed by atoms with Gasteiger partial charge in [0.15, 0.2) is 5.71 Å². The first kappa shape index (κ1) is 21.6. The zero-order valence-electron chi connectivity index (χ0n) is 16.6. The van der Waals surface area contributed by atoms with Crippen LogP contribution in [0.4, 0.5) is 0 Å². The highest BCUT2D eigenvalue weighted by Crippen LogP contribution is 2.22. The van der Waals surface area contributed by atoms with Crippen LogP contribution in [0.1, 0.15) is 29.9 Å². The molecule has 0 radical (unpaired) electrons. The van der Waals surface area contributed by atoms with Gasteiger partial charge in [0.1, 0.15) is 11.5 Å². The normalized spacial score (nSPS) is 15.4. The van der Waals surface area contributed by atoms with E-state index in [2.05, 4.69) is 9.98 Å². The molecule has 0 saturated heterocycles. The number of rotatable bonds is 7. The summed E-state index contributed by atoms with van der Waals surface area (Å²) in [4.78, 5) is 18.7. The molecule has 4 rings (SSSR count). The third-order valence-electron chi connectivity index (χ3n) is 5.05. The Kier molecular flexibility index (Phi) is 6.90. The lowest BCUT2D eigenvalue weighted by molar-refractivity contribution is -0.480. The molecule has 7 heteroatoms. The van der Waals surface area contributed by atoms with Crippen LogP contribution in [0.3, 0.4) is 0 Å². The van der Waals surface area contributed by atoms with E-state index < -0.39 is 12.0 Å². The van der Waals surface area contributed by atoms with Crippen molar-refractivity contribution in [3.8, 4) is 17.2 Å². The molecule has 30 heavy (non-hydrogen) atoms. The number of aromatic nitrogens is 1. The van der Waals surface area contributed by atoms with E-state index in [1.807, 2.05) is 61.5 Å². The molecular formula is C23H23ClN2O4. The van der Waals surface area contributed by atoms with Crippen LogP contribution in [-0.4, -0.2) is 34.4 Å². The van der Waals surface area contributed by atoms with Gasteiger partial charge in [0.05, 0.1) is 12.3 Å². The van der Waals surface area contributed by atoms with E-state index in [9.17, 15) is 4.79 Å². The summed E-state index contributed by atoms with van der Waals surface area (Å²) >= 11 is 0. The van der Waals surface area contributed by atoms with Gasteiger partial charge in [0, 0.05) is 30.4 Å². The summed E-state index contributed by atoms with van der Waals surface area (Å²) in [6.45, 7) is 2.41. The summed E-state index contributed by atoms with van der Waals surface area (Å²) < 4.78 is 11.6. The maximum absolute atomic E-state index is 11.1. The predicted molar refractivity (Wildman–Crippen MR) is 108 cm³/mol. The second-order valence-electron chi connectivity index (χ2n) is 7.06. The van der Waals surface area contributed by atoms with Crippen molar-refractivity contribution in [2.75, 3.05) is 6.61 Å². The molecule has 1 aromatic heterocycles. The fourth-order valence-electron chi connectivity index (χ4n) is 3.44. The average molecular weight is 427 g/mol. The van der Waals surface area contributed by atoms with Crippen molar-refractivity contribution >= 4 is 11.7 Å². The summed E-state index contributed by atoms with van der Waals surface area (Å²) in [5, 5.41) is 9.09. The number of nitrogens with zero attached hydrogens (tertiary/aromatic N) is 1. The Balaban J connectivity index is 0.00000256. The van der Waals surface area contributed by atoms with Gasteiger partial charge in [-0.2, -0.15) is 0 Å². The van der Waals surface area contributed by atoms with Crippen LogP contribution in [-0.2, 0) is 11.2 Å². The minimum atomic E-state index is -0.807. The molecule has 156 valence electrons. The average Bonchev–Trinajstić information content (AvgIpc) is 3.37. The third kappa shape index (κ3) is 4.89. The quantitative estimate of drug-likeness (QED) is 0.526. The lowest BCUT2D eigenvalue weighted by atomic mass is 10.1. The van der Waals surface area contributed by atoms with Crippen LogP contribution in [0, 0.1) is 6.92 Å². The van der Waals surface area contributed by atoms with Crippen LogP contribution in [0.25, 0.3) is 11.5 Å². The number of ether oxygens (including phenoxy) is 1. The number of aliphatic carboxylic acids is 1. The van der Waals surface area contributed by atoms with Gasteiger partial charge in [-0.25, -0.2) is 14.8 Å². The highest BCUT2D eigenvalue weighted by molar-refractivity contribution is 5.98. The van der Waals surface area contributed by atoms with Crippen LogP contribution < -0.4 is 22.1 Å². The molecule has 2 N–H and O–H groups in total. The monoisotopic (exact) mass is 426 g/mol. The topological polar surface area (TPSA) is 86.5 Å². The number of carboxylic acids is 1. The summed E-state index contributed by atoms with van der Waals surface area (Å²) in [5.74, 6) is 1.40. The predicted octanol–water partition coefficient (Wildman–Crippen LogP) is -0.608. The van der Waals surface area contributed by atoms with Crippen LogP contribution in [0.5, 0.6) is 5.75 Å². The number of hydrogen-bond donors (Lipinski definition) is 2. The van der Waals surface area contributed by atoms with E-state index in [-0.39, 0.29) is 12.4 Å². The van der Waals surface area contributed by atoms with Gasteiger partial charge in [0.2, 0.25) is 11.9 Å². The Morgan fingerprint density at radius 3 is 2.57 bits per heavy atom. The van der Waals surface area contributed by atoms with Crippen LogP contribution in [0.15, 0.2) is 59.0 Å². The number of hydrogen-bond acceptors (Lipinski definition) is 4. The van der Waals surface area contributed by atoms with Crippen molar-refractivity contribution in [1.82, 2.24) is 4.98 Å². The zero-order valence-corrected chi connectivity index (χ0v) is 17.4. The van der Waals surface area contributed by atoms with Gasteiger partial charge in [0.25, 0.3) is 0 Å². The number of benzene rings is 2. The largest absolute Gasteiger partial charge is 1.00 e. The second kappa shape index (κ2) is 9.59. The maximum Gasteiger partial charge on any atom is 0.372 e. The number of oxazole rings is 1. The molecule has 0 spiro atoms.